The van der Waals surface area contributed by atoms with Crippen LogP contribution < -0.4 is 0 Å². The van der Waals surface area contributed by atoms with Crippen LogP contribution in [0.3, 0.4) is 0 Å². The molecular weight excluding hydrogens is 174 g/mol. The number of piperidine rings is 1. The molecule has 2 aliphatic rings. The van der Waals surface area contributed by atoms with Crippen molar-refractivity contribution in [3.63, 3.8) is 0 Å². The molecule has 2 nitrogen and oxygen atoms in total. The first-order chi connectivity index (χ1) is 6.63. The molecule has 1 heterocycles. The van der Waals surface area contributed by atoms with Crippen LogP contribution in [0.4, 0.5) is 0 Å². The smallest absolute Gasteiger partial charge is 0.0433 e. The van der Waals surface area contributed by atoms with E-state index in [-0.39, 0.29) is 0 Å². The zero-order valence-electron chi connectivity index (χ0n) is 9.50. The Kier molecular flexibility index (Phi) is 2.85. The van der Waals surface area contributed by atoms with E-state index in [0.717, 1.165) is 18.4 Å². The van der Waals surface area contributed by atoms with Crippen LogP contribution in [0.25, 0.3) is 0 Å². The molecule has 0 aromatic rings. The molecule has 1 atom stereocenters. The molecular formula is C12H23NO. The molecule has 1 saturated heterocycles. The number of aliphatic hydroxyl groups excluding tert-OH is 1. The summed E-state index contributed by atoms with van der Waals surface area (Å²) in [4.78, 5) is 2.66. The molecule has 0 amide bonds. The van der Waals surface area contributed by atoms with Crippen LogP contribution in [0.1, 0.15) is 39.5 Å². The van der Waals surface area contributed by atoms with Crippen molar-refractivity contribution in [1.29, 1.82) is 0 Å². The van der Waals surface area contributed by atoms with Gasteiger partial charge in [0.05, 0.1) is 0 Å². The van der Waals surface area contributed by atoms with Crippen LogP contribution in [-0.4, -0.2) is 35.7 Å². The first-order valence-electron chi connectivity index (χ1n) is 5.98. The molecule has 2 heteroatoms. The van der Waals surface area contributed by atoms with Gasteiger partial charge in [0.1, 0.15) is 0 Å². The summed E-state index contributed by atoms with van der Waals surface area (Å²) in [6.07, 6.45) is 5.11. The summed E-state index contributed by atoms with van der Waals surface area (Å²) in [5.41, 5.74) is 0.406. The minimum Gasteiger partial charge on any atom is -0.396 e. The van der Waals surface area contributed by atoms with Gasteiger partial charge < -0.3 is 5.11 Å². The zero-order chi connectivity index (χ0) is 10.2. The predicted octanol–water partition coefficient (Wildman–Crippen LogP) is 1.88. The monoisotopic (exact) mass is 197 g/mol. The van der Waals surface area contributed by atoms with Gasteiger partial charge in [0.25, 0.3) is 0 Å². The molecule has 2 fully saturated rings. The Morgan fingerprint density at radius 1 is 1.29 bits per heavy atom. The molecule has 1 saturated carbocycles. The minimum atomic E-state index is 0.359. The fraction of sp³-hybridized carbons (Fsp3) is 1.00. The van der Waals surface area contributed by atoms with E-state index in [9.17, 15) is 0 Å². The Morgan fingerprint density at radius 2 is 2.00 bits per heavy atom. The van der Waals surface area contributed by atoms with Gasteiger partial charge in [0.2, 0.25) is 0 Å². The molecule has 1 unspecified atom stereocenters. The lowest BCUT2D eigenvalue weighted by Crippen LogP contribution is -2.46. The molecule has 1 aliphatic carbocycles. The topological polar surface area (TPSA) is 23.5 Å². The molecule has 0 spiro atoms. The summed E-state index contributed by atoms with van der Waals surface area (Å²) in [5, 5.41) is 9.02. The summed E-state index contributed by atoms with van der Waals surface area (Å²) in [6, 6.07) is 0.907. The van der Waals surface area contributed by atoms with E-state index in [1.54, 1.807) is 0 Å². The van der Waals surface area contributed by atoms with Crippen molar-refractivity contribution < 1.29 is 5.11 Å². The van der Waals surface area contributed by atoms with Gasteiger partial charge in [-0.05, 0) is 43.6 Å². The van der Waals surface area contributed by atoms with Gasteiger partial charge in [0.15, 0.2) is 0 Å². The number of hydrogen-bond acceptors (Lipinski definition) is 2. The highest BCUT2D eigenvalue weighted by molar-refractivity contribution is 4.93. The standard InChI is InChI=1S/C12H23NO/c1-12(2)9-13(11-3-4-11)7-5-10(12)6-8-14/h10-11,14H,3-9H2,1-2H3. The van der Waals surface area contributed by atoms with Gasteiger partial charge in [-0.3, -0.25) is 4.90 Å². The second kappa shape index (κ2) is 3.82. The van der Waals surface area contributed by atoms with E-state index in [0.29, 0.717) is 12.0 Å². The lowest BCUT2D eigenvalue weighted by molar-refractivity contribution is 0.0362. The number of likely N-dealkylation sites (tertiary alicyclic amines) is 1. The largest absolute Gasteiger partial charge is 0.396 e. The molecule has 2 rings (SSSR count). The molecule has 0 aromatic heterocycles. The van der Waals surface area contributed by atoms with Crippen molar-refractivity contribution in [2.45, 2.75) is 45.6 Å². The van der Waals surface area contributed by atoms with Crippen LogP contribution in [0.5, 0.6) is 0 Å². The second-order valence-electron chi connectivity index (χ2n) is 5.69. The first-order valence-corrected chi connectivity index (χ1v) is 5.98. The summed E-state index contributed by atoms with van der Waals surface area (Å²) >= 11 is 0. The summed E-state index contributed by atoms with van der Waals surface area (Å²) in [7, 11) is 0. The Morgan fingerprint density at radius 3 is 2.50 bits per heavy atom. The maximum absolute atomic E-state index is 9.02. The van der Waals surface area contributed by atoms with Crippen LogP contribution in [0, 0.1) is 11.3 Å². The Balaban J connectivity index is 1.92. The molecule has 82 valence electrons. The number of rotatable bonds is 3. The molecule has 1 aliphatic heterocycles. The van der Waals surface area contributed by atoms with Crippen LogP contribution >= 0.6 is 0 Å². The number of hydrogen-bond donors (Lipinski definition) is 1. The Hall–Kier alpha value is -0.0800. The predicted molar refractivity (Wildman–Crippen MR) is 58.2 cm³/mol. The SMILES string of the molecule is CC1(C)CN(C2CC2)CCC1CCO. The van der Waals surface area contributed by atoms with E-state index in [2.05, 4.69) is 18.7 Å². The van der Waals surface area contributed by atoms with Crippen molar-refractivity contribution in [2.24, 2.45) is 11.3 Å². The van der Waals surface area contributed by atoms with Crippen molar-refractivity contribution in [3.05, 3.63) is 0 Å². The zero-order valence-corrected chi connectivity index (χ0v) is 9.50. The highest BCUT2D eigenvalue weighted by Gasteiger charge is 2.40. The summed E-state index contributed by atoms with van der Waals surface area (Å²) in [5.74, 6) is 0.725. The lowest BCUT2D eigenvalue weighted by Gasteiger charge is -2.44. The van der Waals surface area contributed by atoms with Gasteiger partial charge in [-0.2, -0.15) is 0 Å². The molecule has 0 radical (unpaired) electrons. The molecule has 14 heavy (non-hydrogen) atoms. The van der Waals surface area contributed by atoms with Gasteiger partial charge in [0, 0.05) is 19.2 Å². The maximum Gasteiger partial charge on any atom is 0.0433 e. The van der Waals surface area contributed by atoms with Crippen molar-refractivity contribution in [2.75, 3.05) is 19.7 Å². The second-order valence-corrected chi connectivity index (χ2v) is 5.69. The minimum absolute atomic E-state index is 0.359. The van der Waals surface area contributed by atoms with Crippen LogP contribution in [0.2, 0.25) is 0 Å². The van der Waals surface area contributed by atoms with Gasteiger partial charge in [-0.15, -0.1) is 0 Å². The van der Waals surface area contributed by atoms with Gasteiger partial charge in [-0.25, -0.2) is 0 Å². The van der Waals surface area contributed by atoms with Crippen molar-refractivity contribution >= 4 is 0 Å². The quantitative estimate of drug-likeness (QED) is 0.746. The first kappa shape index (κ1) is 10.4. The fourth-order valence-electron chi connectivity index (χ4n) is 2.89. The number of aliphatic hydroxyl groups is 1. The average Bonchev–Trinajstić information content (AvgIpc) is 2.91. The van der Waals surface area contributed by atoms with E-state index in [1.807, 2.05) is 0 Å². The highest BCUT2D eigenvalue weighted by Crippen LogP contribution is 2.40. The lowest BCUT2D eigenvalue weighted by atomic mass is 9.72. The normalized spacial score (nSPS) is 33.2. The van der Waals surface area contributed by atoms with Gasteiger partial charge in [-0.1, -0.05) is 13.8 Å². The fourth-order valence-corrected chi connectivity index (χ4v) is 2.89. The van der Waals surface area contributed by atoms with E-state index < -0.39 is 0 Å². The average molecular weight is 197 g/mol. The third-order valence-corrected chi connectivity index (χ3v) is 4.02. The van der Waals surface area contributed by atoms with E-state index in [1.165, 1.54) is 32.4 Å². The third kappa shape index (κ3) is 2.12. The van der Waals surface area contributed by atoms with Crippen molar-refractivity contribution in [1.82, 2.24) is 4.90 Å². The van der Waals surface area contributed by atoms with E-state index in [4.69, 9.17) is 5.11 Å². The Bertz CT molecular complexity index is 198. The van der Waals surface area contributed by atoms with E-state index >= 15 is 0 Å². The molecule has 0 bridgehead atoms. The van der Waals surface area contributed by atoms with Crippen molar-refractivity contribution in [3.8, 4) is 0 Å². The summed E-state index contributed by atoms with van der Waals surface area (Å²) < 4.78 is 0. The number of nitrogens with zero attached hydrogens (tertiary/aromatic N) is 1. The maximum atomic E-state index is 9.02. The van der Waals surface area contributed by atoms with Gasteiger partial charge >= 0.3 is 0 Å². The summed E-state index contributed by atoms with van der Waals surface area (Å²) in [6.45, 7) is 7.59. The van der Waals surface area contributed by atoms with Crippen LogP contribution in [-0.2, 0) is 0 Å². The molecule has 0 aromatic carbocycles. The van der Waals surface area contributed by atoms with Crippen LogP contribution in [0.15, 0.2) is 0 Å². The third-order valence-electron chi connectivity index (χ3n) is 4.02. The Labute approximate surface area is 87.3 Å². The highest BCUT2D eigenvalue weighted by atomic mass is 16.3. The molecule has 1 N–H and O–H groups in total.